The summed E-state index contributed by atoms with van der Waals surface area (Å²) in [6.45, 7) is 13.4. The maximum absolute atomic E-state index is 12.8. The molecule has 0 aliphatic carbocycles. The Bertz CT molecular complexity index is 1830. The van der Waals surface area contributed by atoms with Gasteiger partial charge in [0.15, 0.2) is 11.2 Å². The standard InChI is InChI=1S/C16H26N4O4Si.C11H13N3O3.CH4/c1-11(21)9-19-15(22)13-14(18(3)16(19)23)17-12(2)20(13)10-24-7-8-25(4,5)6;1-6-4-8-9(12-6)13(3)11(17)14(10(8)16)5-7(2)15;/h7-10H2,1-6H3;4-5H2,1-3H3;1H4. The van der Waals surface area contributed by atoms with Crippen LogP contribution in [0.15, 0.2) is 24.2 Å². The average molecular weight is 618 g/mol. The van der Waals surface area contributed by atoms with Crippen LogP contribution >= 0.6 is 0 Å². The van der Waals surface area contributed by atoms with Gasteiger partial charge in [-0.1, -0.05) is 27.1 Å². The molecule has 0 N–H and O–H groups in total. The minimum absolute atomic E-state index is 0. The lowest BCUT2D eigenvalue weighted by Crippen LogP contribution is -2.41. The Labute approximate surface area is 250 Å². The lowest BCUT2D eigenvalue weighted by Gasteiger charge is -2.16. The molecular formula is C28H43N7O7Si. The second-order valence-corrected chi connectivity index (χ2v) is 17.4. The van der Waals surface area contributed by atoms with E-state index in [9.17, 15) is 28.8 Å². The second kappa shape index (κ2) is 13.5. The van der Waals surface area contributed by atoms with E-state index in [4.69, 9.17) is 4.74 Å². The van der Waals surface area contributed by atoms with E-state index in [0.717, 1.165) is 20.9 Å². The summed E-state index contributed by atoms with van der Waals surface area (Å²) in [7, 11) is 1.90. The summed E-state index contributed by atoms with van der Waals surface area (Å²) in [6, 6.07) is 1.02. The topological polar surface area (TPSA) is 162 Å². The van der Waals surface area contributed by atoms with Crippen LogP contribution in [-0.2, 0) is 54.7 Å². The zero-order chi connectivity index (χ0) is 31.7. The highest BCUT2D eigenvalue weighted by Gasteiger charge is 2.23. The molecule has 15 heteroatoms. The van der Waals surface area contributed by atoms with E-state index in [1.54, 1.807) is 32.5 Å². The van der Waals surface area contributed by atoms with Crippen molar-refractivity contribution in [2.75, 3.05) is 6.61 Å². The van der Waals surface area contributed by atoms with Crippen molar-refractivity contribution in [1.29, 1.82) is 0 Å². The minimum atomic E-state index is -1.20. The van der Waals surface area contributed by atoms with E-state index in [1.165, 1.54) is 23.0 Å². The normalized spacial score (nSPS) is 12.3. The van der Waals surface area contributed by atoms with Gasteiger partial charge in [-0.15, -0.1) is 0 Å². The predicted molar refractivity (Wildman–Crippen MR) is 169 cm³/mol. The fraction of sp³-hybridized carbons (Fsp3) is 0.571. The molecule has 0 bridgehead atoms. The van der Waals surface area contributed by atoms with Gasteiger partial charge in [-0.25, -0.2) is 19.6 Å². The number of ketones is 2. The molecule has 0 saturated heterocycles. The van der Waals surface area contributed by atoms with Gasteiger partial charge in [0.25, 0.3) is 11.1 Å². The Morgan fingerprint density at radius 2 is 1.40 bits per heavy atom. The summed E-state index contributed by atoms with van der Waals surface area (Å²) in [5.74, 6) is 0.528. The summed E-state index contributed by atoms with van der Waals surface area (Å²) in [4.78, 5) is 80.0. The van der Waals surface area contributed by atoms with Crippen LogP contribution in [0.2, 0.25) is 25.7 Å². The number of ether oxygens (including phenoxy) is 1. The Hall–Kier alpha value is -3.98. The number of nitrogens with zero attached hydrogens (tertiary/aromatic N) is 7. The van der Waals surface area contributed by atoms with Crippen molar-refractivity contribution in [2.45, 2.75) is 87.0 Å². The number of aromatic nitrogens is 6. The molecule has 0 spiro atoms. The van der Waals surface area contributed by atoms with Crippen LogP contribution in [0.3, 0.4) is 0 Å². The maximum atomic E-state index is 12.8. The minimum Gasteiger partial charge on any atom is -0.361 e. The summed E-state index contributed by atoms with van der Waals surface area (Å²) in [5, 5.41) is 0. The molecule has 4 heterocycles. The number of Topliss-reactive ketones (excluding diaryl/α,β-unsaturated/α-hetero) is 2. The quantitative estimate of drug-likeness (QED) is 0.258. The third kappa shape index (κ3) is 7.70. The van der Waals surface area contributed by atoms with Crippen LogP contribution in [0, 0.1) is 6.92 Å². The lowest BCUT2D eigenvalue weighted by atomic mass is 10.2. The molecule has 1 aliphatic rings. The van der Waals surface area contributed by atoms with Crippen molar-refractivity contribution in [1.82, 2.24) is 27.8 Å². The summed E-state index contributed by atoms with van der Waals surface area (Å²) < 4.78 is 11.9. The molecule has 3 aromatic heterocycles. The number of aliphatic imine (C=N–C) groups is 1. The molecule has 0 fully saturated rings. The molecule has 14 nitrogen and oxygen atoms in total. The molecule has 0 unspecified atom stereocenters. The van der Waals surface area contributed by atoms with Crippen molar-refractivity contribution in [3.63, 3.8) is 0 Å². The van der Waals surface area contributed by atoms with Crippen LogP contribution in [0.4, 0.5) is 5.82 Å². The number of hydrogen-bond acceptors (Lipinski definition) is 9. The molecule has 236 valence electrons. The summed E-state index contributed by atoms with van der Waals surface area (Å²) in [5.41, 5.74) is -0.0746. The molecule has 0 amide bonds. The number of imidazole rings is 1. The fourth-order valence-corrected chi connectivity index (χ4v) is 5.25. The third-order valence-corrected chi connectivity index (χ3v) is 8.44. The third-order valence-electron chi connectivity index (χ3n) is 6.74. The van der Waals surface area contributed by atoms with Crippen molar-refractivity contribution in [3.8, 4) is 0 Å². The highest BCUT2D eigenvalue weighted by molar-refractivity contribution is 6.76. The number of rotatable bonds is 9. The highest BCUT2D eigenvalue weighted by Crippen LogP contribution is 2.20. The van der Waals surface area contributed by atoms with Crippen molar-refractivity contribution in [3.05, 3.63) is 53.1 Å². The summed E-state index contributed by atoms with van der Waals surface area (Å²) >= 11 is 0. The van der Waals surface area contributed by atoms with Gasteiger partial charge >= 0.3 is 11.4 Å². The molecular weight excluding hydrogens is 574 g/mol. The Balaban J connectivity index is 0.000000313. The maximum Gasteiger partial charge on any atom is 0.332 e. The van der Waals surface area contributed by atoms with Gasteiger partial charge in [-0.05, 0) is 33.7 Å². The van der Waals surface area contributed by atoms with Crippen molar-refractivity contribution >= 4 is 42.3 Å². The molecule has 0 atom stereocenters. The van der Waals surface area contributed by atoms with E-state index >= 15 is 0 Å². The zero-order valence-corrected chi connectivity index (χ0v) is 26.7. The van der Waals surface area contributed by atoms with Gasteiger partial charge in [0, 0.05) is 40.9 Å². The second-order valence-electron chi connectivity index (χ2n) is 11.8. The first-order valence-electron chi connectivity index (χ1n) is 13.5. The first-order chi connectivity index (χ1) is 19.4. The highest BCUT2D eigenvalue weighted by atomic mass is 28.3. The van der Waals surface area contributed by atoms with E-state index in [1.807, 2.05) is 0 Å². The average Bonchev–Trinajstić information content (AvgIpc) is 3.44. The Morgan fingerprint density at radius 3 is 1.93 bits per heavy atom. The number of carbonyl (C=O) groups excluding carboxylic acids is 2. The van der Waals surface area contributed by atoms with Gasteiger partial charge in [0.1, 0.15) is 29.9 Å². The molecule has 3 aromatic rings. The van der Waals surface area contributed by atoms with E-state index in [0.29, 0.717) is 35.9 Å². The molecule has 0 saturated carbocycles. The lowest BCUT2D eigenvalue weighted by molar-refractivity contribution is -0.118. The fourth-order valence-electron chi connectivity index (χ4n) is 4.49. The van der Waals surface area contributed by atoms with E-state index in [-0.39, 0.29) is 44.3 Å². The largest absolute Gasteiger partial charge is 0.361 e. The molecule has 1 aliphatic heterocycles. The van der Waals surface area contributed by atoms with Crippen LogP contribution in [0.1, 0.15) is 39.6 Å². The monoisotopic (exact) mass is 617 g/mol. The predicted octanol–water partition coefficient (Wildman–Crippen LogP) is 1.53. The summed E-state index contributed by atoms with van der Waals surface area (Å²) in [6.07, 6.45) is 0.445. The van der Waals surface area contributed by atoms with Crippen molar-refractivity contribution < 1.29 is 14.3 Å². The van der Waals surface area contributed by atoms with Crippen LogP contribution in [-0.4, -0.2) is 59.8 Å². The first kappa shape index (κ1) is 35.2. The SMILES string of the molecule is C.CC(=O)Cn1c(=O)c2c(n(C)c1=O)N=C(C)C2.CC(=O)Cn1c(=O)c2c(nc(C)n2COCC[Si](C)(C)C)n(C)c1=O. The first-order valence-corrected chi connectivity index (χ1v) is 17.3. The molecule has 4 rings (SSSR count). The van der Waals surface area contributed by atoms with E-state index in [2.05, 4.69) is 29.6 Å². The molecule has 0 radical (unpaired) electrons. The van der Waals surface area contributed by atoms with E-state index < -0.39 is 30.6 Å². The van der Waals surface area contributed by atoms with Gasteiger partial charge in [-0.2, -0.15) is 0 Å². The number of hydrogen-bond donors (Lipinski definition) is 0. The molecule has 43 heavy (non-hydrogen) atoms. The van der Waals surface area contributed by atoms with Crippen LogP contribution in [0.5, 0.6) is 0 Å². The Morgan fingerprint density at radius 1 is 0.860 bits per heavy atom. The number of aryl methyl sites for hydroxylation is 2. The zero-order valence-electron chi connectivity index (χ0n) is 25.7. The van der Waals surface area contributed by atoms with Gasteiger partial charge < -0.3 is 4.74 Å². The van der Waals surface area contributed by atoms with Gasteiger partial charge in [0.2, 0.25) is 0 Å². The number of fused-ring (bicyclic) bond motifs is 2. The van der Waals surface area contributed by atoms with Crippen LogP contribution < -0.4 is 22.5 Å². The van der Waals surface area contributed by atoms with Gasteiger partial charge in [-0.3, -0.25) is 42.0 Å². The number of carbonyl (C=O) groups is 2. The van der Waals surface area contributed by atoms with Gasteiger partial charge in [0.05, 0.1) is 18.7 Å². The van der Waals surface area contributed by atoms with Crippen molar-refractivity contribution in [2.24, 2.45) is 19.1 Å². The molecule has 0 aromatic carbocycles. The van der Waals surface area contributed by atoms with Crippen LogP contribution in [0.25, 0.3) is 11.2 Å². The Kier molecular flexibility index (Phi) is 11.1. The smallest absolute Gasteiger partial charge is 0.332 e.